The first-order valence-corrected chi connectivity index (χ1v) is 13.0. The van der Waals surface area contributed by atoms with Gasteiger partial charge in [-0.3, -0.25) is 14.7 Å². The van der Waals surface area contributed by atoms with Crippen LogP contribution in [0.25, 0.3) is 0 Å². The van der Waals surface area contributed by atoms with E-state index in [1.807, 2.05) is 16.8 Å². The van der Waals surface area contributed by atoms with Crippen molar-refractivity contribution in [2.75, 3.05) is 26.2 Å². The highest BCUT2D eigenvalue weighted by Crippen LogP contribution is 2.37. The van der Waals surface area contributed by atoms with Gasteiger partial charge in [-0.25, -0.2) is 4.98 Å². The number of piperazine rings is 1. The minimum absolute atomic E-state index is 0.0331. The number of carbonyl (C=O) groups excluding carboxylic acids is 1. The third kappa shape index (κ3) is 5.29. The van der Waals surface area contributed by atoms with Crippen molar-refractivity contribution in [3.8, 4) is 0 Å². The Morgan fingerprint density at radius 2 is 2.11 bits per heavy atom. The Labute approximate surface area is 217 Å². The molecule has 184 valence electrons. The Morgan fingerprint density at radius 1 is 1.26 bits per heavy atom. The van der Waals surface area contributed by atoms with E-state index in [4.69, 9.17) is 16.6 Å². The minimum Gasteiger partial charge on any atom is -0.388 e. The maximum absolute atomic E-state index is 13.0. The molecule has 3 heterocycles. The number of nitrogens with one attached hydrogen (secondary N) is 2. The Morgan fingerprint density at radius 3 is 2.97 bits per heavy atom. The van der Waals surface area contributed by atoms with Gasteiger partial charge in [0, 0.05) is 60.8 Å². The first kappa shape index (κ1) is 24.4. The van der Waals surface area contributed by atoms with E-state index < -0.39 is 0 Å². The van der Waals surface area contributed by atoms with Gasteiger partial charge in [-0.2, -0.15) is 0 Å². The van der Waals surface area contributed by atoms with Crippen LogP contribution in [0.1, 0.15) is 34.3 Å². The van der Waals surface area contributed by atoms with E-state index in [9.17, 15) is 9.90 Å². The fraction of sp³-hybridized carbons (Fsp3) is 0.400. The zero-order valence-electron chi connectivity index (χ0n) is 19.3. The van der Waals surface area contributed by atoms with Crippen LogP contribution in [0.15, 0.2) is 47.3 Å². The van der Waals surface area contributed by atoms with Gasteiger partial charge in [0.1, 0.15) is 12.4 Å². The van der Waals surface area contributed by atoms with Crippen LogP contribution in [0.2, 0.25) is 5.02 Å². The summed E-state index contributed by atoms with van der Waals surface area (Å²) in [6, 6.07) is 7.91. The van der Waals surface area contributed by atoms with Gasteiger partial charge in [0.05, 0.1) is 17.8 Å². The van der Waals surface area contributed by atoms with Crippen molar-refractivity contribution in [3.63, 3.8) is 0 Å². The number of nitrogens with zero attached hydrogens (tertiary/aromatic N) is 4. The first-order valence-electron chi connectivity index (χ1n) is 11.8. The molecule has 0 bridgehead atoms. The van der Waals surface area contributed by atoms with Crippen molar-refractivity contribution in [3.05, 3.63) is 80.6 Å². The molecular weight excluding hydrogens is 532 g/mol. The largest absolute Gasteiger partial charge is 0.388 e. The summed E-state index contributed by atoms with van der Waals surface area (Å²) in [6.07, 6.45) is 7.10. The average molecular weight is 560 g/mol. The second kappa shape index (κ2) is 10.8. The molecule has 2 aliphatic rings. The Hall–Kier alpha value is -2.30. The van der Waals surface area contributed by atoms with Crippen LogP contribution in [-0.4, -0.2) is 62.7 Å². The number of imidazole rings is 1. The number of aliphatic hydroxyl groups is 1. The number of hydrogen-bond donors (Lipinski definition) is 3. The lowest BCUT2D eigenvalue weighted by molar-refractivity contribution is -0.124. The highest BCUT2D eigenvalue weighted by molar-refractivity contribution is 9.10. The lowest BCUT2D eigenvalue weighted by Crippen LogP contribution is -2.58. The van der Waals surface area contributed by atoms with Gasteiger partial charge >= 0.3 is 0 Å². The van der Waals surface area contributed by atoms with Crippen LogP contribution < -0.4 is 10.6 Å². The molecule has 0 radical (unpaired) electrons. The third-order valence-electron chi connectivity index (χ3n) is 6.77. The molecule has 0 spiro atoms. The van der Waals surface area contributed by atoms with Gasteiger partial charge in [-0.15, -0.1) is 0 Å². The van der Waals surface area contributed by atoms with E-state index in [0.717, 1.165) is 34.6 Å². The summed E-state index contributed by atoms with van der Waals surface area (Å²) in [4.78, 5) is 24.4. The van der Waals surface area contributed by atoms with Gasteiger partial charge in [0.25, 0.3) is 0 Å². The smallest absolute Gasteiger partial charge is 0.238 e. The molecule has 0 saturated carbocycles. The number of rotatable bonds is 6. The average Bonchev–Trinajstić information content (AvgIpc) is 3.26. The number of aromatic nitrogens is 3. The lowest BCUT2D eigenvalue weighted by Gasteiger charge is -2.39. The summed E-state index contributed by atoms with van der Waals surface area (Å²) in [6.45, 7) is 2.98. The van der Waals surface area contributed by atoms with E-state index >= 15 is 0 Å². The number of carbonyl (C=O) groups is 1. The van der Waals surface area contributed by atoms with Gasteiger partial charge in [0.15, 0.2) is 0 Å². The zero-order valence-corrected chi connectivity index (χ0v) is 21.6. The number of benzene rings is 1. The van der Waals surface area contributed by atoms with Crippen molar-refractivity contribution < 1.29 is 9.90 Å². The predicted octanol–water partition coefficient (Wildman–Crippen LogP) is 2.46. The number of fused-ring (bicyclic) bond motifs is 2. The quantitative estimate of drug-likeness (QED) is 0.430. The summed E-state index contributed by atoms with van der Waals surface area (Å²) in [7, 11) is 0. The maximum Gasteiger partial charge on any atom is 0.238 e. The van der Waals surface area contributed by atoms with Crippen molar-refractivity contribution in [1.29, 1.82) is 0 Å². The van der Waals surface area contributed by atoms with Gasteiger partial charge in [0.2, 0.25) is 5.91 Å². The van der Waals surface area contributed by atoms with E-state index in [1.54, 1.807) is 12.4 Å². The summed E-state index contributed by atoms with van der Waals surface area (Å²) in [5.41, 5.74) is 4.71. The summed E-state index contributed by atoms with van der Waals surface area (Å²) in [5, 5.41) is 16.5. The van der Waals surface area contributed by atoms with Crippen LogP contribution in [0.5, 0.6) is 0 Å². The summed E-state index contributed by atoms with van der Waals surface area (Å²) < 4.78 is 2.81. The summed E-state index contributed by atoms with van der Waals surface area (Å²) >= 11 is 9.92. The summed E-state index contributed by atoms with van der Waals surface area (Å²) in [5.74, 6) is 0.556. The second-order valence-corrected chi connectivity index (χ2v) is 10.3. The van der Waals surface area contributed by atoms with Crippen LogP contribution >= 0.6 is 27.5 Å². The fourth-order valence-corrected chi connectivity index (χ4v) is 5.66. The standard InChI is InChI=1S/C25H28BrClN6O2/c26-18-11-17-2-1-16-12-19(27)3-4-20(16)24(23(17)31-13-18)33-10-5-28-21(14-33)25(35)30-7-9-32-8-6-29-22(32)15-34/h3-4,6,8,11-13,21,24,28,34H,1-2,5,7,9-10,14-15H2,(H,30,35)/t21-,24?/m1/s1. The molecule has 1 unspecified atom stereocenters. The van der Waals surface area contributed by atoms with Crippen LogP contribution in [-0.2, 0) is 30.8 Å². The number of amides is 1. The molecule has 1 aliphatic carbocycles. The fourth-order valence-electron chi connectivity index (χ4n) is 5.08. The highest BCUT2D eigenvalue weighted by atomic mass is 79.9. The van der Waals surface area contributed by atoms with Crippen molar-refractivity contribution >= 4 is 33.4 Å². The van der Waals surface area contributed by atoms with Crippen LogP contribution in [0.4, 0.5) is 0 Å². The van der Waals surface area contributed by atoms with Gasteiger partial charge in [-0.1, -0.05) is 17.7 Å². The monoisotopic (exact) mass is 558 g/mol. The zero-order chi connectivity index (χ0) is 24.4. The minimum atomic E-state index is -0.332. The molecule has 2 atom stereocenters. The molecule has 10 heteroatoms. The van der Waals surface area contributed by atoms with E-state index in [0.29, 0.717) is 32.0 Å². The van der Waals surface area contributed by atoms with Crippen molar-refractivity contribution in [1.82, 2.24) is 30.1 Å². The van der Waals surface area contributed by atoms with Crippen LogP contribution in [0, 0.1) is 0 Å². The lowest BCUT2D eigenvalue weighted by atomic mass is 9.95. The molecule has 3 N–H and O–H groups in total. The van der Waals surface area contributed by atoms with Crippen molar-refractivity contribution in [2.45, 2.75) is 38.1 Å². The first-order chi connectivity index (χ1) is 17.0. The molecule has 3 aromatic rings. The normalized spacial score (nSPS) is 20.1. The molecule has 5 rings (SSSR count). The SMILES string of the molecule is O=C(NCCn1ccnc1CO)[C@H]1CN(C2c3ccc(Cl)cc3CCc3cc(Br)cnc32)CCN1. The second-order valence-electron chi connectivity index (χ2n) is 8.93. The van der Waals surface area contributed by atoms with Crippen LogP contribution in [0.3, 0.4) is 0 Å². The Bertz CT molecular complexity index is 1160. The van der Waals surface area contributed by atoms with Crippen molar-refractivity contribution in [2.24, 2.45) is 0 Å². The van der Waals surface area contributed by atoms with Gasteiger partial charge in [-0.05, 0) is 63.7 Å². The Balaban J connectivity index is 1.34. The molecule has 1 fully saturated rings. The molecule has 1 aliphatic heterocycles. The number of pyridine rings is 1. The van der Waals surface area contributed by atoms with Gasteiger partial charge < -0.3 is 20.3 Å². The molecule has 2 aromatic heterocycles. The molecule has 1 saturated heterocycles. The maximum atomic E-state index is 13.0. The molecule has 35 heavy (non-hydrogen) atoms. The van der Waals surface area contributed by atoms with E-state index in [2.05, 4.69) is 54.6 Å². The molecular formula is C25H28BrClN6O2. The molecule has 1 amide bonds. The predicted molar refractivity (Wildman–Crippen MR) is 137 cm³/mol. The highest BCUT2D eigenvalue weighted by Gasteiger charge is 2.35. The Kier molecular flexibility index (Phi) is 7.50. The van der Waals surface area contributed by atoms with E-state index in [-0.39, 0.29) is 24.6 Å². The molecule has 1 aromatic carbocycles. The third-order valence-corrected chi connectivity index (χ3v) is 7.44. The topological polar surface area (TPSA) is 95.3 Å². The number of hydrogen-bond acceptors (Lipinski definition) is 6. The number of aliphatic hydroxyl groups excluding tert-OH is 1. The van der Waals surface area contributed by atoms with E-state index in [1.165, 1.54) is 16.7 Å². The number of halogens is 2. The number of aryl methyl sites for hydroxylation is 2. The molecule has 8 nitrogen and oxygen atoms in total.